The quantitative estimate of drug-likeness (QED) is 0.359. The van der Waals surface area contributed by atoms with E-state index in [1.165, 1.54) is 0 Å². The summed E-state index contributed by atoms with van der Waals surface area (Å²) in [7, 11) is 8.52. The first-order chi connectivity index (χ1) is 19.1. The molecule has 2 aromatic rings. The van der Waals surface area contributed by atoms with E-state index in [4.69, 9.17) is 9.47 Å². The van der Waals surface area contributed by atoms with Crippen LogP contribution in [-0.2, 0) is 23.1 Å². The Balaban J connectivity index is 1.57. The molecule has 0 aliphatic carbocycles. The van der Waals surface area contributed by atoms with Crippen LogP contribution in [0.25, 0.3) is 0 Å². The highest BCUT2D eigenvalue weighted by molar-refractivity contribution is 5.79. The number of ether oxygens (including phenoxy) is 2. The van der Waals surface area contributed by atoms with E-state index in [2.05, 4.69) is 43.6 Å². The Hall–Kier alpha value is -3.04. The molecule has 1 amide bonds. The summed E-state index contributed by atoms with van der Waals surface area (Å²) in [6.45, 7) is 5.52. The van der Waals surface area contributed by atoms with Gasteiger partial charge in [0, 0.05) is 57.0 Å². The summed E-state index contributed by atoms with van der Waals surface area (Å²) in [5.74, 6) is -0.272. The molecule has 1 aromatic heterocycles. The molecule has 0 spiro atoms. The van der Waals surface area contributed by atoms with E-state index >= 15 is 0 Å². The van der Waals surface area contributed by atoms with E-state index in [9.17, 15) is 14.7 Å². The number of hydrogen-bond donors (Lipinski definition) is 1. The summed E-state index contributed by atoms with van der Waals surface area (Å²) >= 11 is 0. The van der Waals surface area contributed by atoms with Gasteiger partial charge in [-0.15, -0.1) is 0 Å². The molecule has 220 valence electrons. The molecule has 1 unspecified atom stereocenters. The molecule has 2 aliphatic rings. The number of quaternary nitrogens is 1. The van der Waals surface area contributed by atoms with Crippen molar-refractivity contribution in [3.63, 3.8) is 0 Å². The number of carbonyl (C=O) groups excluding carboxylic acids is 1. The standard InChI is InChI=1S/C31H46N4O5/c1-6-7-16-33(17-9-18-35(3,4)5)29(36)21-34-20-25(23-11-14-27-28(19-23)40-22-39-27)30(31(37)38)26(34)13-12-24-10-8-15-32(24)2/h8,10-11,14-15,19,25-26,30H,6-7,9,12-13,16-18,20-22H2,1-5H3/p+1/t25-,26+,30?/m1/s1. The van der Waals surface area contributed by atoms with E-state index in [1.807, 2.05) is 42.4 Å². The van der Waals surface area contributed by atoms with Gasteiger partial charge in [-0.1, -0.05) is 19.4 Å². The third kappa shape index (κ3) is 7.37. The van der Waals surface area contributed by atoms with E-state index in [1.54, 1.807) is 0 Å². The van der Waals surface area contributed by atoms with Crippen LogP contribution in [0.5, 0.6) is 11.5 Å². The van der Waals surface area contributed by atoms with Gasteiger partial charge in [0.05, 0.1) is 40.2 Å². The number of carbonyl (C=O) groups is 2. The summed E-state index contributed by atoms with van der Waals surface area (Å²) in [5, 5.41) is 10.5. The zero-order chi connectivity index (χ0) is 28.9. The predicted octanol–water partition coefficient (Wildman–Crippen LogP) is 3.58. The molecule has 40 heavy (non-hydrogen) atoms. The second kappa shape index (κ2) is 13.1. The number of likely N-dealkylation sites (tertiary alicyclic amines) is 1. The Kier molecular flexibility index (Phi) is 9.79. The number of amides is 1. The highest BCUT2D eigenvalue weighted by Crippen LogP contribution is 2.43. The van der Waals surface area contributed by atoms with Crippen molar-refractivity contribution < 1.29 is 28.7 Å². The molecule has 9 heteroatoms. The van der Waals surface area contributed by atoms with E-state index < -0.39 is 11.9 Å². The fourth-order valence-electron chi connectivity index (χ4n) is 6.11. The average Bonchev–Trinajstić information content (AvgIpc) is 3.62. The van der Waals surface area contributed by atoms with Gasteiger partial charge in [-0.3, -0.25) is 14.5 Å². The van der Waals surface area contributed by atoms with Crippen LogP contribution < -0.4 is 9.47 Å². The minimum atomic E-state index is -0.819. The maximum Gasteiger partial charge on any atom is 0.308 e. The van der Waals surface area contributed by atoms with Gasteiger partial charge in [0.2, 0.25) is 12.7 Å². The van der Waals surface area contributed by atoms with Crippen LogP contribution in [0.4, 0.5) is 0 Å². The molecule has 3 atom stereocenters. The fraction of sp³-hybridized carbons (Fsp3) is 0.613. The smallest absolute Gasteiger partial charge is 0.308 e. The lowest BCUT2D eigenvalue weighted by Gasteiger charge is -2.31. The van der Waals surface area contributed by atoms with Crippen molar-refractivity contribution in [2.75, 3.05) is 60.7 Å². The average molecular weight is 556 g/mol. The number of carboxylic acids is 1. The maximum absolute atomic E-state index is 13.8. The molecular formula is C31H47N4O5+. The number of nitrogens with zero attached hydrogens (tertiary/aromatic N) is 4. The van der Waals surface area contributed by atoms with Gasteiger partial charge in [-0.25, -0.2) is 0 Å². The van der Waals surface area contributed by atoms with Crippen LogP contribution in [0.2, 0.25) is 0 Å². The number of rotatable bonds is 14. The number of hydrogen-bond acceptors (Lipinski definition) is 5. The first-order valence-electron chi connectivity index (χ1n) is 14.6. The monoisotopic (exact) mass is 555 g/mol. The third-order valence-corrected chi connectivity index (χ3v) is 8.34. The maximum atomic E-state index is 13.8. The molecule has 0 radical (unpaired) electrons. The number of unbranched alkanes of at least 4 members (excludes halogenated alkanes) is 1. The highest BCUT2D eigenvalue weighted by Gasteiger charge is 2.47. The predicted molar refractivity (Wildman–Crippen MR) is 155 cm³/mol. The lowest BCUT2D eigenvalue weighted by atomic mass is 9.83. The molecular weight excluding hydrogens is 508 g/mol. The topological polar surface area (TPSA) is 84.2 Å². The van der Waals surface area contributed by atoms with Crippen LogP contribution in [0, 0.1) is 5.92 Å². The molecule has 0 bridgehead atoms. The molecule has 9 nitrogen and oxygen atoms in total. The molecule has 3 heterocycles. The van der Waals surface area contributed by atoms with Crippen molar-refractivity contribution in [3.05, 3.63) is 47.8 Å². The van der Waals surface area contributed by atoms with Gasteiger partial charge in [-0.2, -0.15) is 0 Å². The minimum absolute atomic E-state index is 0.0919. The largest absolute Gasteiger partial charge is 0.481 e. The van der Waals surface area contributed by atoms with Gasteiger partial charge in [-0.05, 0) is 49.1 Å². The lowest BCUT2D eigenvalue weighted by Crippen LogP contribution is -2.45. The SMILES string of the molecule is CCCCN(CCC[N+](C)(C)C)C(=O)CN1C[C@H](c2ccc3c(c2)OCO3)C(C(=O)O)[C@@H]1CCc1cccn1C. The minimum Gasteiger partial charge on any atom is -0.481 e. The fourth-order valence-corrected chi connectivity index (χ4v) is 6.11. The van der Waals surface area contributed by atoms with E-state index in [0.717, 1.165) is 61.1 Å². The Morgan fingerprint density at radius 2 is 1.85 bits per heavy atom. The summed E-state index contributed by atoms with van der Waals surface area (Å²) in [6, 6.07) is 9.56. The second-order valence-electron chi connectivity index (χ2n) is 12.3. The van der Waals surface area contributed by atoms with Gasteiger partial charge in [0.1, 0.15) is 0 Å². The van der Waals surface area contributed by atoms with Crippen molar-refractivity contribution >= 4 is 11.9 Å². The molecule has 4 rings (SSSR count). The van der Waals surface area contributed by atoms with Crippen LogP contribution >= 0.6 is 0 Å². The summed E-state index contributed by atoms with van der Waals surface area (Å²) < 4.78 is 14.0. The summed E-state index contributed by atoms with van der Waals surface area (Å²) in [6.07, 6.45) is 6.35. The normalized spacial score (nSPS) is 20.7. The van der Waals surface area contributed by atoms with Gasteiger partial charge < -0.3 is 28.5 Å². The highest BCUT2D eigenvalue weighted by atomic mass is 16.7. The number of aliphatic carboxylic acids is 1. The number of fused-ring (bicyclic) bond motifs is 1. The first-order valence-corrected chi connectivity index (χ1v) is 14.6. The number of benzene rings is 1. The molecule has 1 fully saturated rings. The van der Waals surface area contributed by atoms with Crippen molar-refractivity contribution in [1.82, 2.24) is 14.4 Å². The Bertz CT molecular complexity index is 1160. The number of aromatic nitrogens is 1. The summed E-state index contributed by atoms with van der Waals surface area (Å²) in [4.78, 5) is 30.7. The number of carboxylic acid groups (broad SMARTS) is 1. The first kappa shape index (κ1) is 29.9. The van der Waals surface area contributed by atoms with Gasteiger partial charge >= 0.3 is 5.97 Å². The summed E-state index contributed by atoms with van der Waals surface area (Å²) in [5.41, 5.74) is 2.08. The molecule has 1 aromatic carbocycles. The molecule has 0 saturated carbocycles. The molecule has 2 aliphatic heterocycles. The second-order valence-corrected chi connectivity index (χ2v) is 12.3. The lowest BCUT2D eigenvalue weighted by molar-refractivity contribution is -0.870. The zero-order valence-corrected chi connectivity index (χ0v) is 24.8. The van der Waals surface area contributed by atoms with Crippen LogP contribution in [0.3, 0.4) is 0 Å². The molecule has 1 N–H and O–H groups in total. The van der Waals surface area contributed by atoms with Crippen molar-refractivity contribution in [2.45, 2.75) is 51.0 Å². The van der Waals surface area contributed by atoms with Crippen molar-refractivity contribution in [1.29, 1.82) is 0 Å². The van der Waals surface area contributed by atoms with Crippen LogP contribution in [0.15, 0.2) is 36.5 Å². The third-order valence-electron chi connectivity index (χ3n) is 8.34. The Labute approximate surface area is 238 Å². The van der Waals surface area contributed by atoms with E-state index in [0.29, 0.717) is 24.5 Å². The Morgan fingerprint density at radius 1 is 1.10 bits per heavy atom. The van der Waals surface area contributed by atoms with Gasteiger partial charge in [0.15, 0.2) is 11.5 Å². The van der Waals surface area contributed by atoms with Gasteiger partial charge in [0.25, 0.3) is 0 Å². The van der Waals surface area contributed by atoms with E-state index in [-0.39, 0.29) is 31.2 Å². The van der Waals surface area contributed by atoms with Crippen molar-refractivity contribution in [3.8, 4) is 11.5 Å². The Morgan fingerprint density at radius 3 is 2.52 bits per heavy atom. The van der Waals surface area contributed by atoms with Crippen LogP contribution in [0.1, 0.15) is 49.8 Å². The van der Waals surface area contributed by atoms with Crippen LogP contribution in [-0.4, -0.2) is 103 Å². The zero-order valence-electron chi connectivity index (χ0n) is 24.8. The molecule has 1 saturated heterocycles. The van der Waals surface area contributed by atoms with Crippen molar-refractivity contribution in [2.24, 2.45) is 13.0 Å². The number of aryl methyl sites for hydroxylation is 2.